The van der Waals surface area contributed by atoms with Crippen LogP contribution in [0.3, 0.4) is 0 Å². The van der Waals surface area contributed by atoms with Crippen LogP contribution >= 0.6 is 0 Å². The molecule has 0 fully saturated rings. The fourth-order valence-corrected chi connectivity index (χ4v) is 0.880. The van der Waals surface area contributed by atoms with Gasteiger partial charge in [-0.2, -0.15) is 0 Å². The largest absolute Gasteiger partial charge is 0.478 e. The first-order valence-corrected chi connectivity index (χ1v) is 3.39. The molecule has 1 aromatic carbocycles. The minimum absolute atomic E-state index is 0.699. The molecule has 0 aliphatic carbocycles. The number of carboxylic acid groups (broad SMARTS) is 2. The molecule has 0 spiro atoms. The van der Waals surface area contributed by atoms with Gasteiger partial charge in [0.15, 0.2) is 11.6 Å². The average Bonchev–Trinajstić information content (AvgIpc) is 2.08. The van der Waals surface area contributed by atoms with Crippen molar-refractivity contribution in [3.8, 4) is 0 Å². The molecule has 0 aromatic heterocycles. The van der Waals surface area contributed by atoms with Gasteiger partial charge in [0.1, 0.15) is 0 Å². The maximum atomic E-state index is 12.9. The van der Waals surface area contributed by atoms with Crippen LogP contribution in [-0.2, 0) is 0 Å². The van der Waals surface area contributed by atoms with Crippen LogP contribution in [0.25, 0.3) is 0 Å². The summed E-state index contributed by atoms with van der Waals surface area (Å²) in [7, 11) is 0. The highest BCUT2D eigenvalue weighted by molar-refractivity contribution is 5.92. The Morgan fingerprint density at radius 1 is 0.929 bits per heavy atom. The summed E-state index contributed by atoms with van der Waals surface area (Å²) in [6, 6.07) is 1.40. The predicted molar refractivity (Wildman–Crippen MR) is 40.3 cm³/mol. The van der Waals surface area contributed by atoms with Crippen LogP contribution in [-0.4, -0.2) is 22.2 Å². The Bertz CT molecular complexity index is 375. The van der Waals surface area contributed by atoms with Gasteiger partial charge in [-0.1, -0.05) is 0 Å². The number of aromatic carboxylic acids is 2. The van der Waals surface area contributed by atoms with Crippen molar-refractivity contribution in [2.75, 3.05) is 0 Å². The van der Waals surface area contributed by atoms with Crippen LogP contribution < -0.4 is 0 Å². The predicted octanol–water partition coefficient (Wildman–Crippen LogP) is 1.36. The van der Waals surface area contributed by atoms with Crippen molar-refractivity contribution in [2.24, 2.45) is 0 Å². The van der Waals surface area contributed by atoms with Gasteiger partial charge in [-0.15, -0.1) is 0 Å². The first kappa shape index (κ1) is 10.1. The van der Waals surface area contributed by atoms with E-state index in [-0.39, 0.29) is 0 Å². The minimum atomic E-state index is -1.67. The Labute approximate surface area is 76.4 Å². The topological polar surface area (TPSA) is 74.6 Å². The number of halogens is 2. The molecule has 4 nitrogen and oxygen atoms in total. The van der Waals surface area contributed by atoms with Gasteiger partial charge in [0.05, 0.1) is 11.1 Å². The summed E-state index contributed by atoms with van der Waals surface area (Å²) < 4.78 is 25.7. The third-order valence-corrected chi connectivity index (χ3v) is 1.54. The van der Waals surface area contributed by atoms with Crippen molar-refractivity contribution in [3.63, 3.8) is 0 Å². The van der Waals surface area contributed by atoms with Crippen molar-refractivity contribution >= 4 is 11.9 Å². The van der Waals surface area contributed by atoms with Crippen LogP contribution in [0, 0.1) is 11.6 Å². The Morgan fingerprint density at radius 2 is 1.21 bits per heavy atom. The zero-order valence-corrected chi connectivity index (χ0v) is 6.62. The van der Waals surface area contributed by atoms with E-state index >= 15 is 0 Å². The fraction of sp³-hybridized carbons (Fsp3) is 0. The summed E-state index contributed by atoms with van der Waals surface area (Å²) in [5.41, 5.74) is -1.79. The van der Waals surface area contributed by atoms with E-state index in [1.807, 2.05) is 0 Å². The Balaban J connectivity index is 3.41. The molecular weight excluding hydrogens is 198 g/mol. The normalized spacial score (nSPS) is 9.86. The minimum Gasteiger partial charge on any atom is -0.478 e. The Kier molecular flexibility index (Phi) is 2.46. The van der Waals surface area contributed by atoms with Gasteiger partial charge in [0.25, 0.3) is 0 Å². The van der Waals surface area contributed by atoms with E-state index < -0.39 is 34.7 Å². The molecule has 0 aliphatic heterocycles. The van der Waals surface area contributed by atoms with Crippen LogP contribution in [0.5, 0.6) is 0 Å². The first-order chi connectivity index (χ1) is 6.45. The smallest absolute Gasteiger partial charge is 0.338 e. The van der Waals surface area contributed by atoms with E-state index in [1.54, 1.807) is 0 Å². The number of carbonyl (C=O) groups is 2. The number of carboxylic acids is 2. The molecule has 0 amide bonds. The van der Waals surface area contributed by atoms with Crippen molar-refractivity contribution in [1.82, 2.24) is 0 Å². The van der Waals surface area contributed by atoms with E-state index in [0.29, 0.717) is 12.1 Å². The first-order valence-electron chi connectivity index (χ1n) is 3.39. The molecule has 0 aliphatic rings. The molecule has 0 bridgehead atoms. The maximum Gasteiger partial charge on any atom is 0.338 e. The second-order valence-corrected chi connectivity index (χ2v) is 2.40. The monoisotopic (exact) mass is 202 g/mol. The third kappa shape index (κ3) is 1.54. The number of benzene rings is 1. The van der Waals surface area contributed by atoms with E-state index in [2.05, 4.69) is 0 Å². The molecule has 0 radical (unpaired) electrons. The molecule has 0 saturated carbocycles. The molecule has 0 saturated heterocycles. The standard InChI is InChI=1S/C8H4F2O4/c9-5-3(7(11)12)1-2-4(6(5)10)8(13)14/h1-2H,(H,11,12)(H,13,14). The highest BCUT2D eigenvalue weighted by Gasteiger charge is 2.20. The molecule has 1 aromatic rings. The molecule has 74 valence electrons. The quantitative estimate of drug-likeness (QED) is 0.759. The summed E-state index contributed by atoms with van der Waals surface area (Å²) in [6.45, 7) is 0. The van der Waals surface area contributed by atoms with E-state index in [1.165, 1.54) is 0 Å². The highest BCUT2D eigenvalue weighted by Crippen LogP contribution is 2.16. The molecule has 2 N–H and O–H groups in total. The van der Waals surface area contributed by atoms with Crippen LogP contribution in [0.4, 0.5) is 8.78 Å². The van der Waals surface area contributed by atoms with E-state index in [9.17, 15) is 18.4 Å². The molecule has 6 heteroatoms. The lowest BCUT2D eigenvalue weighted by molar-refractivity contribution is 0.0670. The number of hydrogen-bond donors (Lipinski definition) is 2. The lowest BCUT2D eigenvalue weighted by Crippen LogP contribution is -2.08. The van der Waals surface area contributed by atoms with Gasteiger partial charge in [-0.3, -0.25) is 0 Å². The molecule has 1 rings (SSSR count). The fourth-order valence-electron chi connectivity index (χ4n) is 0.880. The average molecular weight is 202 g/mol. The van der Waals surface area contributed by atoms with Crippen LogP contribution in [0.15, 0.2) is 12.1 Å². The lowest BCUT2D eigenvalue weighted by atomic mass is 10.1. The second kappa shape index (κ2) is 3.41. The van der Waals surface area contributed by atoms with Gasteiger partial charge in [0, 0.05) is 0 Å². The molecule has 0 heterocycles. The van der Waals surface area contributed by atoms with Gasteiger partial charge >= 0.3 is 11.9 Å². The zero-order chi connectivity index (χ0) is 10.9. The zero-order valence-electron chi connectivity index (χ0n) is 6.62. The van der Waals surface area contributed by atoms with Gasteiger partial charge < -0.3 is 10.2 Å². The van der Waals surface area contributed by atoms with Gasteiger partial charge in [-0.25, -0.2) is 18.4 Å². The molecular formula is C8H4F2O4. The van der Waals surface area contributed by atoms with Crippen molar-refractivity contribution in [2.45, 2.75) is 0 Å². The third-order valence-electron chi connectivity index (χ3n) is 1.54. The Morgan fingerprint density at radius 3 is 1.43 bits per heavy atom. The van der Waals surface area contributed by atoms with Gasteiger partial charge in [-0.05, 0) is 12.1 Å². The molecule has 0 atom stereocenters. The number of hydrogen-bond acceptors (Lipinski definition) is 2. The molecule has 0 unspecified atom stereocenters. The lowest BCUT2D eigenvalue weighted by Gasteiger charge is -2.01. The summed E-state index contributed by atoms with van der Waals surface area (Å²) >= 11 is 0. The summed E-state index contributed by atoms with van der Waals surface area (Å²) in [4.78, 5) is 20.6. The van der Waals surface area contributed by atoms with E-state index in [4.69, 9.17) is 10.2 Å². The number of rotatable bonds is 2. The maximum absolute atomic E-state index is 12.9. The van der Waals surface area contributed by atoms with E-state index in [0.717, 1.165) is 0 Å². The highest BCUT2D eigenvalue weighted by atomic mass is 19.2. The van der Waals surface area contributed by atoms with Crippen LogP contribution in [0.1, 0.15) is 20.7 Å². The van der Waals surface area contributed by atoms with Crippen LogP contribution in [0.2, 0.25) is 0 Å². The van der Waals surface area contributed by atoms with Crippen molar-refractivity contribution in [1.29, 1.82) is 0 Å². The summed E-state index contributed by atoms with van der Waals surface area (Å²) in [6.07, 6.45) is 0. The van der Waals surface area contributed by atoms with Crippen molar-refractivity contribution < 1.29 is 28.6 Å². The summed E-state index contributed by atoms with van der Waals surface area (Å²) in [5.74, 6) is -6.65. The second-order valence-electron chi connectivity index (χ2n) is 2.40. The molecule has 14 heavy (non-hydrogen) atoms. The Hall–Kier alpha value is -1.98. The van der Waals surface area contributed by atoms with Gasteiger partial charge in [0.2, 0.25) is 0 Å². The summed E-state index contributed by atoms with van der Waals surface area (Å²) in [5, 5.41) is 16.7. The van der Waals surface area contributed by atoms with Crippen molar-refractivity contribution in [3.05, 3.63) is 34.9 Å². The SMILES string of the molecule is O=C(O)c1ccc(C(=O)O)c(F)c1F.